The second kappa shape index (κ2) is 6.56. The molecule has 0 bridgehead atoms. The smallest absolute Gasteiger partial charge is 0.270 e. The first-order valence-electron chi connectivity index (χ1n) is 7.63. The standard InChI is InChI=1S/C17H20N4O/c1-13-6-4-8-15(19-13)17(22)20-14-7-5-11-21(12-14)16-9-2-3-10-18-16/h2-4,6,8-10,14H,5,7,11-12H2,1H3,(H,20,22)/t14-/m0/s1. The van der Waals surface area contributed by atoms with Crippen molar-refractivity contribution in [3.05, 3.63) is 54.0 Å². The molecule has 0 saturated carbocycles. The van der Waals surface area contributed by atoms with Gasteiger partial charge in [-0.15, -0.1) is 0 Å². The number of hydrogen-bond donors (Lipinski definition) is 1. The van der Waals surface area contributed by atoms with E-state index in [1.165, 1.54) is 0 Å². The van der Waals surface area contributed by atoms with E-state index < -0.39 is 0 Å². The minimum atomic E-state index is -0.100. The van der Waals surface area contributed by atoms with Crippen molar-refractivity contribution < 1.29 is 4.79 Å². The lowest BCUT2D eigenvalue weighted by Gasteiger charge is -2.33. The third kappa shape index (κ3) is 3.42. The molecule has 2 aromatic rings. The number of anilines is 1. The third-order valence-corrected chi connectivity index (χ3v) is 3.85. The highest BCUT2D eigenvalue weighted by molar-refractivity contribution is 5.92. The maximum atomic E-state index is 12.3. The van der Waals surface area contributed by atoms with Gasteiger partial charge in [-0.05, 0) is 44.0 Å². The highest BCUT2D eigenvalue weighted by Gasteiger charge is 2.22. The summed E-state index contributed by atoms with van der Waals surface area (Å²) in [6.45, 7) is 3.65. The van der Waals surface area contributed by atoms with E-state index in [0.29, 0.717) is 5.69 Å². The van der Waals surface area contributed by atoms with Crippen molar-refractivity contribution in [3.63, 3.8) is 0 Å². The van der Waals surface area contributed by atoms with Crippen molar-refractivity contribution in [2.24, 2.45) is 0 Å². The number of carbonyl (C=O) groups is 1. The Labute approximate surface area is 130 Å². The fourth-order valence-electron chi connectivity index (χ4n) is 2.77. The summed E-state index contributed by atoms with van der Waals surface area (Å²) in [5, 5.41) is 3.09. The minimum Gasteiger partial charge on any atom is -0.355 e. The van der Waals surface area contributed by atoms with Crippen LogP contribution in [-0.2, 0) is 0 Å². The zero-order valence-corrected chi connectivity index (χ0v) is 12.7. The summed E-state index contributed by atoms with van der Waals surface area (Å²) >= 11 is 0. The largest absolute Gasteiger partial charge is 0.355 e. The average molecular weight is 296 g/mol. The second-order valence-electron chi connectivity index (χ2n) is 5.61. The summed E-state index contributed by atoms with van der Waals surface area (Å²) in [5.74, 6) is 0.867. The molecule has 0 radical (unpaired) electrons. The zero-order valence-electron chi connectivity index (χ0n) is 12.7. The van der Waals surface area contributed by atoms with Crippen molar-refractivity contribution >= 4 is 11.7 Å². The van der Waals surface area contributed by atoms with Crippen LogP contribution in [0.15, 0.2) is 42.6 Å². The summed E-state index contributed by atoms with van der Waals surface area (Å²) in [5.41, 5.74) is 1.33. The van der Waals surface area contributed by atoms with Gasteiger partial charge in [0.1, 0.15) is 11.5 Å². The average Bonchev–Trinajstić information content (AvgIpc) is 2.56. The van der Waals surface area contributed by atoms with Gasteiger partial charge < -0.3 is 10.2 Å². The van der Waals surface area contributed by atoms with Crippen molar-refractivity contribution in [3.8, 4) is 0 Å². The number of hydrogen-bond acceptors (Lipinski definition) is 4. The second-order valence-corrected chi connectivity index (χ2v) is 5.61. The molecule has 1 saturated heterocycles. The number of nitrogens with zero attached hydrogens (tertiary/aromatic N) is 3. The maximum Gasteiger partial charge on any atom is 0.270 e. The maximum absolute atomic E-state index is 12.3. The van der Waals surface area contributed by atoms with Gasteiger partial charge in [-0.3, -0.25) is 4.79 Å². The molecule has 5 heteroatoms. The number of aryl methyl sites for hydroxylation is 1. The predicted molar refractivity (Wildman–Crippen MR) is 85.9 cm³/mol. The van der Waals surface area contributed by atoms with E-state index in [2.05, 4.69) is 20.2 Å². The summed E-state index contributed by atoms with van der Waals surface area (Å²) in [7, 11) is 0. The molecular formula is C17H20N4O. The molecule has 1 atom stereocenters. The molecule has 0 aromatic carbocycles. The van der Waals surface area contributed by atoms with Gasteiger partial charge >= 0.3 is 0 Å². The van der Waals surface area contributed by atoms with Gasteiger partial charge in [0, 0.05) is 31.0 Å². The highest BCUT2D eigenvalue weighted by atomic mass is 16.1. The van der Waals surface area contributed by atoms with E-state index in [1.807, 2.05) is 37.3 Å². The third-order valence-electron chi connectivity index (χ3n) is 3.85. The Hall–Kier alpha value is -2.43. The molecule has 0 spiro atoms. The van der Waals surface area contributed by atoms with E-state index in [9.17, 15) is 4.79 Å². The monoisotopic (exact) mass is 296 g/mol. The van der Waals surface area contributed by atoms with E-state index in [0.717, 1.165) is 37.4 Å². The van der Waals surface area contributed by atoms with Crippen LogP contribution in [0.4, 0.5) is 5.82 Å². The molecule has 2 aromatic heterocycles. The minimum absolute atomic E-state index is 0.100. The number of rotatable bonds is 3. The molecule has 0 aliphatic carbocycles. The quantitative estimate of drug-likeness (QED) is 0.943. The summed E-state index contributed by atoms with van der Waals surface area (Å²) in [6.07, 6.45) is 3.83. The van der Waals surface area contributed by atoms with Gasteiger partial charge in [0.25, 0.3) is 5.91 Å². The van der Waals surface area contributed by atoms with Crippen molar-refractivity contribution in [1.82, 2.24) is 15.3 Å². The summed E-state index contributed by atoms with van der Waals surface area (Å²) in [4.78, 5) is 23.2. The van der Waals surface area contributed by atoms with Crippen LogP contribution in [0.3, 0.4) is 0 Å². The van der Waals surface area contributed by atoms with Crippen LogP contribution in [0.5, 0.6) is 0 Å². The van der Waals surface area contributed by atoms with Gasteiger partial charge in [-0.2, -0.15) is 0 Å². The van der Waals surface area contributed by atoms with Crippen LogP contribution in [0.2, 0.25) is 0 Å². The fraction of sp³-hybridized carbons (Fsp3) is 0.353. The van der Waals surface area contributed by atoms with E-state index >= 15 is 0 Å². The van der Waals surface area contributed by atoms with Crippen molar-refractivity contribution in [2.45, 2.75) is 25.8 Å². The molecule has 0 unspecified atom stereocenters. The number of piperidine rings is 1. The molecule has 3 heterocycles. The van der Waals surface area contributed by atoms with Crippen molar-refractivity contribution in [2.75, 3.05) is 18.0 Å². The normalized spacial score (nSPS) is 18.0. The molecule has 3 rings (SSSR count). The van der Waals surface area contributed by atoms with Gasteiger partial charge in [0.05, 0.1) is 0 Å². The first-order valence-corrected chi connectivity index (χ1v) is 7.63. The van der Waals surface area contributed by atoms with Crippen LogP contribution < -0.4 is 10.2 Å². The number of amides is 1. The van der Waals surface area contributed by atoms with Crippen LogP contribution in [-0.4, -0.2) is 35.0 Å². The molecule has 1 N–H and O–H groups in total. The SMILES string of the molecule is Cc1cccc(C(=O)N[C@H]2CCCN(c3ccccn3)C2)n1. The lowest BCUT2D eigenvalue weighted by atomic mass is 10.1. The molecule has 1 aliphatic rings. The van der Waals surface area contributed by atoms with Gasteiger partial charge in [-0.1, -0.05) is 12.1 Å². The Balaban J connectivity index is 1.64. The number of carbonyl (C=O) groups excluding carboxylic acids is 1. The molecule has 22 heavy (non-hydrogen) atoms. The molecular weight excluding hydrogens is 276 g/mol. The fourth-order valence-corrected chi connectivity index (χ4v) is 2.77. The molecule has 1 aliphatic heterocycles. The van der Waals surface area contributed by atoms with Gasteiger partial charge in [-0.25, -0.2) is 9.97 Å². The van der Waals surface area contributed by atoms with Crippen LogP contribution >= 0.6 is 0 Å². The zero-order chi connectivity index (χ0) is 15.4. The lowest BCUT2D eigenvalue weighted by Crippen LogP contribution is -2.48. The lowest BCUT2D eigenvalue weighted by molar-refractivity contribution is 0.0928. The predicted octanol–water partition coefficient (Wildman–Crippen LogP) is 2.18. The molecule has 5 nitrogen and oxygen atoms in total. The van der Waals surface area contributed by atoms with E-state index in [1.54, 1.807) is 12.3 Å². The summed E-state index contributed by atoms with van der Waals surface area (Å²) in [6, 6.07) is 11.5. The Morgan fingerprint density at radius 2 is 2.18 bits per heavy atom. The van der Waals surface area contributed by atoms with Crippen LogP contribution in [0.25, 0.3) is 0 Å². The Morgan fingerprint density at radius 1 is 1.27 bits per heavy atom. The Kier molecular flexibility index (Phi) is 4.32. The van der Waals surface area contributed by atoms with Crippen LogP contribution in [0.1, 0.15) is 29.0 Å². The van der Waals surface area contributed by atoms with Gasteiger partial charge in [0.2, 0.25) is 0 Å². The molecule has 1 fully saturated rings. The molecule has 1 amide bonds. The number of nitrogens with one attached hydrogen (secondary N) is 1. The Bertz CT molecular complexity index is 644. The number of pyridine rings is 2. The first kappa shape index (κ1) is 14.5. The molecule has 114 valence electrons. The summed E-state index contributed by atoms with van der Waals surface area (Å²) < 4.78 is 0. The Morgan fingerprint density at radius 3 is 2.95 bits per heavy atom. The van der Waals surface area contributed by atoms with E-state index in [4.69, 9.17) is 0 Å². The first-order chi connectivity index (χ1) is 10.7. The van der Waals surface area contributed by atoms with Gasteiger partial charge in [0.15, 0.2) is 0 Å². The van der Waals surface area contributed by atoms with Crippen LogP contribution in [0, 0.1) is 6.92 Å². The highest BCUT2D eigenvalue weighted by Crippen LogP contribution is 2.17. The van der Waals surface area contributed by atoms with Crippen molar-refractivity contribution in [1.29, 1.82) is 0 Å². The topological polar surface area (TPSA) is 58.1 Å². The van der Waals surface area contributed by atoms with E-state index in [-0.39, 0.29) is 11.9 Å². The number of aromatic nitrogens is 2.